The van der Waals surface area contributed by atoms with E-state index in [0.29, 0.717) is 6.42 Å². The molecule has 1 aromatic rings. The molecule has 0 aliphatic carbocycles. The summed E-state index contributed by atoms with van der Waals surface area (Å²) in [5.74, 6) is 0.271. The third-order valence-electron chi connectivity index (χ3n) is 4.12. The minimum absolute atomic E-state index is 0.261. The van der Waals surface area contributed by atoms with Crippen molar-refractivity contribution < 1.29 is 4.79 Å². The molecule has 2 rings (SSSR count). The molecule has 4 nitrogen and oxygen atoms in total. The zero-order valence-electron chi connectivity index (χ0n) is 13.4. The second-order valence-corrected chi connectivity index (χ2v) is 5.82. The van der Waals surface area contributed by atoms with Crippen molar-refractivity contribution in [3.05, 3.63) is 29.8 Å². The first-order chi connectivity index (χ1) is 10.1. The van der Waals surface area contributed by atoms with Crippen molar-refractivity contribution in [1.29, 1.82) is 0 Å². The van der Waals surface area contributed by atoms with E-state index in [2.05, 4.69) is 55.3 Å². The van der Waals surface area contributed by atoms with Gasteiger partial charge in [-0.05, 0) is 32.0 Å². The first-order valence-corrected chi connectivity index (χ1v) is 7.93. The standard InChI is InChI=1S/C17H27N3O/c1-4-18-15(3)13-17(21)20-11-9-19(10-12-20)16-8-6-5-7-14(16)2/h5-8,15,18H,4,9-13H2,1-3H3. The number of hydrogen-bond donors (Lipinski definition) is 1. The molecule has 1 aromatic carbocycles. The van der Waals surface area contributed by atoms with E-state index in [4.69, 9.17) is 0 Å². The number of aryl methyl sites for hydroxylation is 1. The molecule has 116 valence electrons. The average Bonchev–Trinajstić information content (AvgIpc) is 2.48. The molecule has 1 N–H and O–H groups in total. The van der Waals surface area contributed by atoms with E-state index in [-0.39, 0.29) is 11.9 Å². The van der Waals surface area contributed by atoms with Crippen LogP contribution in [0.25, 0.3) is 0 Å². The van der Waals surface area contributed by atoms with Crippen LogP contribution in [0, 0.1) is 6.92 Å². The fraction of sp³-hybridized carbons (Fsp3) is 0.588. The van der Waals surface area contributed by atoms with Crippen LogP contribution in [-0.2, 0) is 4.79 Å². The highest BCUT2D eigenvalue weighted by molar-refractivity contribution is 5.77. The van der Waals surface area contributed by atoms with Crippen molar-refractivity contribution in [3.8, 4) is 0 Å². The van der Waals surface area contributed by atoms with Gasteiger partial charge in [-0.3, -0.25) is 4.79 Å². The molecule has 1 saturated heterocycles. The molecule has 0 radical (unpaired) electrons. The Morgan fingerprint density at radius 2 is 1.90 bits per heavy atom. The molecule has 1 unspecified atom stereocenters. The zero-order chi connectivity index (χ0) is 15.2. The van der Waals surface area contributed by atoms with Crippen LogP contribution in [0.1, 0.15) is 25.8 Å². The van der Waals surface area contributed by atoms with E-state index in [0.717, 1.165) is 32.7 Å². The van der Waals surface area contributed by atoms with Crippen molar-refractivity contribution in [2.75, 3.05) is 37.6 Å². The maximum absolute atomic E-state index is 12.3. The summed E-state index contributed by atoms with van der Waals surface area (Å²) < 4.78 is 0. The van der Waals surface area contributed by atoms with Crippen molar-refractivity contribution in [1.82, 2.24) is 10.2 Å². The molecule has 0 saturated carbocycles. The Bertz CT molecular complexity index is 467. The number of benzene rings is 1. The highest BCUT2D eigenvalue weighted by Gasteiger charge is 2.22. The maximum atomic E-state index is 12.3. The normalized spacial score (nSPS) is 16.9. The Hall–Kier alpha value is -1.55. The van der Waals surface area contributed by atoms with Crippen molar-refractivity contribution in [2.45, 2.75) is 33.2 Å². The Labute approximate surface area is 128 Å². The summed E-state index contributed by atoms with van der Waals surface area (Å²) >= 11 is 0. The van der Waals surface area contributed by atoms with E-state index < -0.39 is 0 Å². The molecule has 0 bridgehead atoms. The van der Waals surface area contributed by atoms with Crippen molar-refractivity contribution in [3.63, 3.8) is 0 Å². The predicted octanol–water partition coefficient (Wildman–Crippen LogP) is 2.03. The van der Waals surface area contributed by atoms with Crippen LogP contribution >= 0.6 is 0 Å². The van der Waals surface area contributed by atoms with E-state index in [1.807, 2.05) is 4.90 Å². The molecule has 1 aliphatic heterocycles. The molecule has 0 aromatic heterocycles. The van der Waals surface area contributed by atoms with Gasteiger partial charge in [0.05, 0.1) is 0 Å². The first-order valence-electron chi connectivity index (χ1n) is 7.93. The van der Waals surface area contributed by atoms with Gasteiger partial charge in [-0.25, -0.2) is 0 Å². The molecule has 1 amide bonds. The molecule has 1 heterocycles. The van der Waals surface area contributed by atoms with E-state index in [1.165, 1.54) is 11.3 Å². The Kier molecular flexibility index (Phi) is 5.62. The SMILES string of the molecule is CCNC(C)CC(=O)N1CCN(c2ccccc2C)CC1. The first kappa shape index (κ1) is 15.8. The van der Waals surface area contributed by atoms with Crippen LogP contribution in [0.5, 0.6) is 0 Å². The summed E-state index contributed by atoms with van der Waals surface area (Å²) in [6.45, 7) is 10.7. The van der Waals surface area contributed by atoms with Crippen molar-refractivity contribution >= 4 is 11.6 Å². The van der Waals surface area contributed by atoms with Gasteiger partial charge in [-0.1, -0.05) is 25.1 Å². The number of rotatable bonds is 5. The third kappa shape index (κ3) is 4.21. The van der Waals surface area contributed by atoms with Gasteiger partial charge in [0.1, 0.15) is 0 Å². The fourth-order valence-corrected chi connectivity index (χ4v) is 2.93. The Morgan fingerprint density at radius 1 is 1.24 bits per heavy atom. The Morgan fingerprint density at radius 3 is 2.52 bits per heavy atom. The van der Waals surface area contributed by atoms with Gasteiger partial charge < -0.3 is 15.1 Å². The number of amides is 1. The van der Waals surface area contributed by atoms with Gasteiger partial charge in [0.15, 0.2) is 0 Å². The number of carbonyl (C=O) groups is 1. The third-order valence-corrected chi connectivity index (χ3v) is 4.12. The molecule has 1 atom stereocenters. The smallest absolute Gasteiger partial charge is 0.224 e. The minimum Gasteiger partial charge on any atom is -0.368 e. The predicted molar refractivity (Wildman–Crippen MR) is 87.7 cm³/mol. The summed E-state index contributed by atoms with van der Waals surface area (Å²) in [6.07, 6.45) is 0.595. The average molecular weight is 289 g/mol. The number of hydrogen-bond acceptors (Lipinski definition) is 3. The molecule has 1 aliphatic rings. The highest BCUT2D eigenvalue weighted by Crippen LogP contribution is 2.20. The van der Waals surface area contributed by atoms with Crippen LogP contribution < -0.4 is 10.2 Å². The summed E-state index contributed by atoms with van der Waals surface area (Å²) in [5.41, 5.74) is 2.60. The quantitative estimate of drug-likeness (QED) is 0.901. The van der Waals surface area contributed by atoms with Crippen LogP contribution in [-0.4, -0.2) is 49.6 Å². The minimum atomic E-state index is 0.261. The van der Waals surface area contributed by atoms with Crippen LogP contribution in [0.4, 0.5) is 5.69 Å². The number of carbonyl (C=O) groups excluding carboxylic acids is 1. The van der Waals surface area contributed by atoms with Gasteiger partial charge in [-0.15, -0.1) is 0 Å². The maximum Gasteiger partial charge on any atom is 0.224 e. The van der Waals surface area contributed by atoms with E-state index in [1.54, 1.807) is 0 Å². The van der Waals surface area contributed by atoms with Gasteiger partial charge in [0.25, 0.3) is 0 Å². The van der Waals surface area contributed by atoms with Gasteiger partial charge in [-0.2, -0.15) is 0 Å². The number of nitrogens with zero attached hydrogens (tertiary/aromatic N) is 2. The fourth-order valence-electron chi connectivity index (χ4n) is 2.93. The molecular weight excluding hydrogens is 262 g/mol. The van der Waals surface area contributed by atoms with Gasteiger partial charge in [0, 0.05) is 44.3 Å². The van der Waals surface area contributed by atoms with Crippen molar-refractivity contribution in [2.24, 2.45) is 0 Å². The summed E-state index contributed by atoms with van der Waals surface area (Å²) in [7, 11) is 0. The largest absolute Gasteiger partial charge is 0.368 e. The number of anilines is 1. The number of para-hydroxylation sites is 1. The Balaban J connectivity index is 1.86. The molecule has 21 heavy (non-hydrogen) atoms. The molecule has 4 heteroatoms. The molecule has 0 spiro atoms. The zero-order valence-corrected chi connectivity index (χ0v) is 13.4. The monoisotopic (exact) mass is 289 g/mol. The number of piperazine rings is 1. The molecule has 1 fully saturated rings. The highest BCUT2D eigenvalue weighted by atomic mass is 16.2. The topological polar surface area (TPSA) is 35.6 Å². The summed E-state index contributed by atoms with van der Waals surface area (Å²) in [6, 6.07) is 8.72. The lowest BCUT2D eigenvalue weighted by molar-refractivity contribution is -0.131. The second-order valence-electron chi connectivity index (χ2n) is 5.82. The second kappa shape index (κ2) is 7.46. The van der Waals surface area contributed by atoms with Gasteiger partial charge in [0.2, 0.25) is 5.91 Å². The lowest BCUT2D eigenvalue weighted by Crippen LogP contribution is -2.50. The lowest BCUT2D eigenvalue weighted by atomic mass is 10.1. The van der Waals surface area contributed by atoms with Gasteiger partial charge >= 0.3 is 0 Å². The lowest BCUT2D eigenvalue weighted by Gasteiger charge is -2.37. The van der Waals surface area contributed by atoms with Crippen LogP contribution in [0.2, 0.25) is 0 Å². The summed E-state index contributed by atoms with van der Waals surface area (Å²) in [4.78, 5) is 16.6. The van der Waals surface area contributed by atoms with E-state index >= 15 is 0 Å². The van der Waals surface area contributed by atoms with E-state index in [9.17, 15) is 4.79 Å². The van der Waals surface area contributed by atoms with Crippen LogP contribution in [0.3, 0.4) is 0 Å². The molecular formula is C17H27N3O. The summed E-state index contributed by atoms with van der Waals surface area (Å²) in [5, 5.41) is 3.30. The number of nitrogens with one attached hydrogen (secondary N) is 1. The van der Waals surface area contributed by atoms with Crippen LogP contribution in [0.15, 0.2) is 24.3 Å².